The van der Waals surface area contributed by atoms with Crippen molar-refractivity contribution in [2.45, 2.75) is 12.5 Å². The molecule has 2 aromatic carbocycles. The van der Waals surface area contributed by atoms with E-state index in [1.54, 1.807) is 12.1 Å². The van der Waals surface area contributed by atoms with E-state index < -0.39 is 0 Å². The van der Waals surface area contributed by atoms with Crippen LogP contribution in [-0.2, 0) is 12.5 Å². The average Bonchev–Trinajstić information content (AvgIpc) is 2.38. The van der Waals surface area contributed by atoms with Crippen molar-refractivity contribution in [2.24, 2.45) is 0 Å². The second kappa shape index (κ2) is 6.21. The first-order chi connectivity index (χ1) is 8.69. The molecule has 0 aliphatic rings. The number of hydrogen-bond donors (Lipinski definition) is 0. The molecule has 0 saturated heterocycles. The van der Waals surface area contributed by atoms with E-state index in [2.05, 4.69) is 15.9 Å². The Bertz CT molecular complexity index is 528. The molecule has 0 unspecified atom stereocenters. The first kappa shape index (κ1) is 13.4. The molecular weight excluding hydrogens is 319 g/mol. The summed E-state index contributed by atoms with van der Waals surface area (Å²) in [5.41, 5.74) is 1.55. The van der Waals surface area contributed by atoms with E-state index in [1.807, 2.05) is 24.3 Å². The van der Waals surface area contributed by atoms with Crippen LogP contribution in [0.15, 0.2) is 46.9 Å². The Labute approximate surface area is 119 Å². The van der Waals surface area contributed by atoms with Gasteiger partial charge in [0.2, 0.25) is 0 Å². The van der Waals surface area contributed by atoms with Gasteiger partial charge < -0.3 is 4.74 Å². The van der Waals surface area contributed by atoms with Gasteiger partial charge in [0, 0.05) is 15.9 Å². The smallest absolute Gasteiger partial charge is 0.130 e. The predicted molar refractivity (Wildman–Crippen MR) is 74.4 cm³/mol. The summed E-state index contributed by atoms with van der Waals surface area (Å²) in [5.74, 6) is 0.898. The molecule has 0 amide bonds. The fraction of sp³-hybridized carbons (Fsp3) is 0.143. The second-order valence-electron chi connectivity index (χ2n) is 3.80. The highest BCUT2D eigenvalue weighted by Gasteiger charge is 2.03. The van der Waals surface area contributed by atoms with Gasteiger partial charge in [0.15, 0.2) is 0 Å². The summed E-state index contributed by atoms with van der Waals surface area (Å²) >= 11 is 8.91. The number of rotatable bonds is 4. The molecule has 0 fully saturated rings. The van der Waals surface area contributed by atoms with Crippen molar-refractivity contribution < 1.29 is 9.13 Å². The normalized spacial score (nSPS) is 10.4. The summed E-state index contributed by atoms with van der Waals surface area (Å²) in [6, 6.07) is 12.4. The Hall–Kier alpha value is -1.06. The van der Waals surface area contributed by atoms with E-state index in [0.717, 1.165) is 10.0 Å². The topological polar surface area (TPSA) is 9.23 Å². The lowest BCUT2D eigenvalue weighted by Crippen LogP contribution is -1.98. The number of alkyl halides is 1. The second-order valence-corrected chi connectivity index (χ2v) is 4.98. The summed E-state index contributed by atoms with van der Waals surface area (Å²) in [7, 11) is 0. The summed E-state index contributed by atoms with van der Waals surface area (Å²) in [4.78, 5) is 0. The average molecular weight is 330 g/mol. The summed E-state index contributed by atoms with van der Waals surface area (Å²) in [6.07, 6.45) is 0. The standard InChI is InChI=1S/C14H11BrClFO/c15-12-4-3-11(14(17)7-12)9-18-13-5-1-10(8-16)2-6-13/h1-7H,8-9H2. The monoisotopic (exact) mass is 328 g/mol. The van der Waals surface area contributed by atoms with Crippen LogP contribution in [0, 0.1) is 5.82 Å². The number of ether oxygens (including phenoxy) is 1. The van der Waals surface area contributed by atoms with Crippen molar-refractivity contribution in [2.75, 3.05) is 0 Å². The minimum atomic E-state index is -0.276. The maximum absolute atomic E-state index is 13.5. The minimum Gasteiger partial charge on any atom is -0.489 e. The third kappa shape index (κ3) is 3.47. The van der Waals surface area contributed by atoms with E-state index in [9.17, 15) is 4.39 Å². The van der Waals surface area contributed by atoms with E-state index in [-0.39, 0.29) is 12.4 Å². The molecule has 18 heavy (non-hydrogen) atoms. The molecule has 0 radical (unpaired) electrons. The third-order valence-corrected chi connectivity index (χ3v) is 3.29. The van der Waals surface area contributed by atoms with Crippen LogP contribution in [0.25, 0.3) is 0 Å². The van der Waals surface area contributed by atoms with Gasteiger partial charge in [0.1, 0.15) is 18.2 Å². The van der Waals surface area contributed by atoms with E-state index in [4.69, 9.17) is 16.3 Å². The molecule has 0 bridgehead atoms. The van der Waals surface area contributed by atoms with Gasteiger partial charge in [-0.2, -0.15) is 0 Å². The first-order valence-electron chi connectivity index (χ1n) is 5.40. The third-order valence-electron chi connectivity index (χ3n) is 2.49. The summed E-state index contributed by atoms with van der Waals surface area (Å²) in [5, 5.41) is 0. The Balaban J connectivity index is 2.02. The maximum Gasteiger partial charge on any atom is 0.130 e. The minimum absolute atomic E-state index is 0.208. The molecule has 2 aromatic rings. The molecule has 1 nitrogen and oxygen atoms in total. The zero-order valence-corrected chi connectivity index (χ0v) is 11.8. The number of halogens is 3. The Morgan fingerprint density at radius 2 is 1.83 bits per heavy atom. The van der Waals surface area contributed by atoms with Crippen LogP contribution in [0.5, 0.6) is 5.75 Å². The highest BCUT2D eigenvalue weighted by Crippen LogP contribution is 2.18. The fourth-order valence-electron chi connectivity index (χ4n) is 1.47. The Morgan fingerprint density at radius 3 is 2.44 bits per heavy atom. The van der Waals surface area contributed by atoms with Gasteiger partial charge in [-0.25, -0.2) is 4.39 Å². The van der Waals surface area contributed by atoms with Gasteiger partial charge in [0.05, 0.1) is 0 Å². The Morgan fingerprint density at radius 1 is 1.11 bits per heavy atom. The lowest BCUT2D eigenvalue weighted by molar-refractivity contribution is 0.300. The zero-order chi connectivity index (χ0) is 13.0. The fourth-order valence-corrected chi connectivity index (χ4v) is 1.99. The van der Waals surface area contributed by atoms with Crippen LogP contribution in [0.1, 0.15) is 11.1 Å². The maximum atomic E-state index is 13.5. The molecule has 0 saturated carbocycles. The quantitative estimate of drug-likeness (QED) is 0.725. The van der Waals surface area contributed by atoms with Gasteiger partial charge in [-0.05, 0) is 29.8 Å². The van der Waals surface area contributed by atoms with Crippen molar-refractivity contribution >= 4 is 27.5 Å². The molecule has 0 spiro atoms. The highest BCUT2D eigenvalue weighted by molar-refractivity contribution is 9.10. The molecule has 0 aromatic heterocycles. The van der Waals surface area contributed by atoms with Crippen LogP contribution >= 0.6 is 27.5 Å². The number of benzene rings is 2. The molecule has 94 valence electrons. The van der Waals surface area contributed by atoms with Gasteiger partial charge in [-0.1, -0.05) is 34.1 Å². The van der Waals surface area contributed by atoms with Gasteiger partial charge in [-0.3, -0.25) is 0 Å². The Kier molecular flexibility index (Phi) is 4.61. The van der Waals surface area contributed by atoms with Crippen LogP contribution in [-0.4, -0.2) is 0 Å². The molecule has 2 rings (SSSR count). The number of hydrogen-bond acceptors (Lipinski definition) is 1. The van der Waals surface area contributed by atoms with Crippen LogP contribution in [0.3, 0.4) is 0 Å². The van der Waals surface area contributed by atoms with Crippen molar-refractivity contribution in [3.63, 3.8) is 0 Å². The molecule has 0 aliphatic heterocycles. The SMILES string of the molecule is Fc1cc(Br)ccc1COc1ccc(CCl)cc1. The molecule has 4 heteroatoms. The van der Waals surface area contributed by atoms with E-state index >= 15 is 0 Å². The van der Waals surface area contributed by atoms with Crippen LogP contribution in [0.4, 0.5) is 4.39 Å². The van der Waals surface area contributed by atoms with Gasteiger partial charge in [-0.15, -0.1) is 11.6 Å². The van der Waals surface area contributed by atoms with E-state index in [0.29, 0.717) is 17.2 Å². The van der Waals surface area contributed by atoms with Crippen molar-refractivity contribution in [1.29, 1.82) is 0 Å². The van der Waals surface area contributed by atoms with Crippen LogP contribution < -0.4 is 4.74 Å². The molecule has 0 N–H and O–H groups in total. The largest absolute Gasteiger partial charge is 0.489 e. The highest BCUT2D eigenvalue weighted by atomic mass is 79.9. The van der Waals surface area contributed by atoms with Crippen LogP contribution in [0.2, 0.25) is 0 Å². The molecule has 0 atom stereocenters. The predicted octanol–water partition coefficient (Wildman–Crippen LogP) is 4.91. The lowest BCUT2D eigenvalue weighted by atomic mass is 10.2. The first-order valence-corrected chi connectivity index (χ1v) is 6.73. The lowest BCUT2D eigenvalue weighted by Gasteiger charge is -2.08. The van der Waals surface area contributed by atoms with Crippen molar-refractivity contribution in [3.8, 4) is 5.75 Å². The summed E-state index contributed by atoms with van der Waals surface area (Å²) < 4.78 is 19.8. The van der Waals surface area contributed by atoms with Gasteiger partial charge in [0.25, 0.3) is 0 Å². The molecule has 0 heterocycles. The molecular formula is C14H11BrClFO. The van der Waals surface area contributed by atoms with Crippen molar-refractivity contribution in [1.82, 2.24) is 0 Å². The van der Waals surface area contributed by atoms with Crippen molar-refractivity contribution in [3.05, 3.63) is 63.9 Å². The van der Waals surface area contributed by atoms with Gasteiger partial charge >= 0.3 is 0 Å². The zero-order valence-electron chi connectivity index (χ0n) is 9.50. The summed E-state index contributed by atoms with van der Waals surface area (Å²) in [6.45, 7) is 0.208. The molecule has 0 aliphatic carbocycles. The van der Waals surface area contributed by atoms with E-state index in [1.165, 1.54) is 6.07 Å².